The highest BCUT2D eigenvalue weighted by atomic mass is 16.6. The van der Waals surface area contributed by atoms with E-state index in [2.05, 4.69) is 15.4 Å². The highest BCUT2D eigenvalue weighted by Gasteiger charge is 2.23. The molecule has 3 heterocycles. The van der Waals surface area contributed by atoms with E-state index in [-0.39, 0.29) is 5.88 Å². The Morgan fingerprint density at radius 1 is 1.28 bits per heavy atom. The van der Waals surface area contributed by atoms with Crippen LogP contribution in [0.4, 0.5) is 5.88 Å². The largest absolute Gasteiger partial charge is 0.433 e. The van der Waals surface area contributed by atoms with E-state index in [9.17, 15) is 10.1 Å². The van der Waals surface area contributed by atoms with E-state index in [0.29, 0.717) is 23.3 Å². The summed E-state index contributed by atoms with van der Waals surface area (Å²) in [6.45, 7) is 1.97. The van der Waals surface area contributed by atoms with Gasteiger partial charge in [0.05, 0.1) is 6.07 Å². The molecule has 1 N–H and O–H groups in total. The van der Waals surface area contributed by atoms with E-state index in [1.54, 1.807) is 12.3 Å². The molecule has 8 nitrogen and oxygen atoms in total. The Morgan fingerprint density at radius 3 is 2.80 bits per heavy atom. The van der Waals surface area contributed by atoms with Crippen LogP contribution in [0.2, 0.25) is 0 Å². The van der Waals surface area contributed by atoms with Crippen molar-refractivity contribution in [1.29, 1.82) is 0 Å². The van der Waals surface area contributed by atoms with Crippen LogP contribution >= 0.6 is 0 Å². The first kappa shape index (κ1) is 15.6. The zero-order valence-corrected chi connectivity index (χ0v) is 13.9. The molecule has 3 aromatic rings. The Bertz CT molecular complexity index is 924. The van der Waals surface area contributed by atoms with Crippen LogP contribution in [0, 0.1) is 17.0 Å². The smallest absolute Gasteiger partial charge is 0.397 e. The number of hydrogen-bond donors (Lipinski definition) is 1. The van der Waals surface area contributed by atoms with E-state index in [4.69, 9.17) is 4.42 Å². The third-order valence-electron chi connectivity index (χ3n) is 4.66. The average Bonchev–Trinajstić information content (AvgIpc) is 3.22. The lowest BCUT2D eigenvalue weighted by Crippen LogP contribution is -2.30. The van der Waals surface area contributed by atoms with Crippen molar-refractivity contribution < 1.29 is 9.34 Å². The van der Waals surface area contributed by atoms with Gasteiger partial charge < -0.3 is 9.84 Å². The number of imidazole rings is 1. The minimum absolute atomic E-state index is 0.295. The molecule has 0 radical (unpaired) electrons. The van der Waals surface area contributed by atoms with E-state index in [1.807, 2.05) is 17.7 Å². The Kier molecular flexibility index (Phi) is 3.87. The van der Waals surface area contributed by atoms with Crippen molar-refractivity contribution >= 4 is 17.0 Å². The van der Waals surface area contributed by atoms with Crippen molar-refractivity contribution in [1.82, 2.24) is 14.6 Å². The van der Waals surface area contributed by atoms with E-state index < -0.39 is 4.92 Å². The number of nitro groups is 1. The second kappa shape index (κ2) is 6.19. The molecule has 0 aliphatic heterocycles. The van der Waals surface area contributed by atoms with Gasteiger partial charge in [0.1, 0.15) is 10.4 Å². The highest BCUT2D eigenvalue weighted by molar-refractivity contribution is 5.79. The van der Waals surface area contributed by atoms with Crippen LogP contribution in [0.25, 0.3) is 22.7 Å². The summed E-state index contributed by atoms with van der Waals surface area (Å²) in [6, 6.07) is 5.15. The molecule has 0 unspecified atom stereocenters. The van der Waals surface area contributed by atoms with Crippen LogP contribution in [-0.2, 0) is 0 Å². The van der Waals surface area contributed by atoms with Gasteiger partial charge in [-0.2, -0.15) is 0 Å². The van der Waals surface area contributed by atoms with Crippen LogP contribution in [0.15, 0.2) is 28.8 Å². The van der Waals surface area contributed by atoms with Gasteiger partial charge in [0.25, 0.3) is 0 Å². The molecule has 130 valence electrons. The first-order chi connectivity index (χ1) is 12.1. The number of nitrogens with one attached hydrogen (secondary N) is 1. The molecule has 0 saturated heterocycles. The zero-order valence-electron chi connectivity index (χ0n) is 13.9. The minimum atomic E-state index is -0.547. The van der Waals surface area contributed by atoms with Crippen LogP contribution in [0.3, 0.4) is 0 Å². The zero-order chi connectivity index (χ0) is 17.4. The fourth-order valence-corrected chi connectivity index (χ4v) is 3.34. The van der Waals surface area contributed by atoms with Gasteiger partial charge in [-0.05, 0) is 37.5 Å². The predicted octanol–water partition coefficient (Wildman–Crippen LogP) is 3.78. The van der Waals surface area contributed by atoms with Crippen molar-refractivity contribution in [2.24, 2.45) is 0 Å². The van der Waals surface area contributed by atoms with Crippen molar-refractivity contribution in [2.45, 2.75) is 45.1 Å². The molecule has 0 bridgehead atoms. The van der Waals surface area contributed by atoms with Crippen molar-refractivity contribution in [3.05, 3.63) is 40.1 Å². The quantitative estimate of drug-likeness (QED) is 0.572. The Balaban J connectivity index is 1.82. The Labute approximate surface area is 144 Å². The molecule has 1 aliphatic carbocycles. The van der Waals surface area contributed by atoms with Crippen LogP contribution in [0.1, 0.15) is 37.7 Å². The summed E-state index contributed by atoms with van der Waals surface area (Å²) in [7, 11) is 0. The summed E-state index contributed by atoms with van der Waals surface area (Å²) in [5.74, 6) is 0.568. The van der Waals surface area contributed by atoms with E-state index in [0.717, 1.165) is 23.9 Å². The molecule has 0 amide bonds. The average molecular weight is 341 g/mol. The lowest BCUT2D eigenvalue weighted by molar-refractivity contribution is -0.401. The highest BCUT2D eigenvalue weighted by Crippen LogP contribution is 2.29. The minimum Gasteiger partial charge on any atom is -0.397 e. The standard InChI is InChI=1S/C17H19N5O3/c1-11-9-10-18-17-15(11)19-16(13-7-8-14(25-13)22(23)24)21(17)20-12-5-3-2-4-6-12/h7-10,12,20H,2-6H2,1H3. The number of furan rings is 1. The Hall–Kier alpha value is -2.90. The number of aryl methyl sites for hydroxylation is 1. The molecule has 0 atom stereocenters. The lowest BCUT2D eigenvalue weighted by atomic mass is 9.96. The molecule has 3 aromatic heterocycles. The molecule has 4 rings (SSSR count). The molecule has 1 fully saturated rings. The molecular weight excluding hydrogens is 322 g/mol. The molecule has 8 heteroatoms. The maximum absolute atomic E-state index is 10.9. The van der Waals surface area contributed by atoms with Crippen molar-refractivity contribution in [2.75, 3.05) is 5.43 Å². The first-order valence-corrected chi connectivity index (χ1v) is 8.48. The predicted molar refractivity (Wildman–Crippen MR) is 92.9 cm³/mol. The third-order valence-corrected chi connectivity index (χ3v) is 4.66. The van der Waals surface area contributed by atoms with E-state index in [1.165, 1.54) is 25.3 Å². The fraction of sp³-hybridized carbons (Fsp3) is 0.412. The second-order valence-corrected chi connectivity index (χ2v) is 6.43. The topological polar surface area (TPSA) is 99.0 Å². The third kappa shape index (κ3) is 2.84. The van der Waals surface area contributed by atoms with Crippen LogP contribution < -0.4 is 5.43 Å². The number of aromatic nitrogens is 3. The SMILES string of the molecule is Cc1ccnc2c1nc(-c1ccc([N+](=O)[O-])o1)n2NC1CCCCC1. The van der Waals surface area contributed by atoms with Gasteiger partial charge >= 0.3 is 5.88 Å². The molecule has 0 aromatic carbocycles. The second-order valence-electron chi connectivity index (χ2n) is 6.43. The molecular formula is C17H19N5O3. The first-order valence-electron chi connectivity index (χ1n) is 8.48. The van der Waals surface area contributed by atoms with Crippen LogP contribution in [0.5, 0.6) is 0 Å². The van der Waals surface area contributed by atoms with Gasteiger partial charge in [0.15, 0.2) is 17.2 Å². The van der Waals surface area contributed by atoms with Gasteiger partial charge in [-0.3, -0.25) is 10.1 Å². The summed E-state index contributed by atoms with van der Waals surface area (Å²) in [5, 5.41) is 10.9. The summed E-state index contributed by atoms with van der Waals surface area (Å²) in [6.07, 6.45) is 7.56. The Morgan fingerprint density at radius 2 is 2.08 bits per heavy atom. The molecule has 0 spiro atoms. The summed E-state index contributed by atoms with van der Waals surface area (Å²) in [4.78, 5) is 19.5. The number of fused-ring (bicyclic) bond motifs is 1. The van der Waals surface area contributed by atoms with Crippen molar-refractivity contribution in [3.63, 3.8) is 0 Å². The molecule has 1 saturated carbocycles. The van der Waals surface area contributed by atoms with E-state index >= 15 is 0 Å². The monoisotopic (exact) mass is 341 g/mol. The number of nitrogens with zero attached hydrogens (tertiary/aromatic N) is 4. The fourth-order valence-electron chi connectivity index (χ4n) is 3.34. The van der Waals surface area contributed by atoms with Gasteiger partial charge in [-0.15, -0.1) is 0 Å². The summed E-state index contributed by atoms with van der Waals surface area (Å²) < 4.78 is 7.20. The number of hydrogen-bond acceptors (Lipinski definition) is 6. The summed E-state index contributed by atoms with van der Waals surface area (Å²) >= 11 is 0. The van der Waals surface area contributed by atoms with Crippen LogP contribution in [-0.4, -0.2) is 25.6 Å². The van der Waals surface area contributed by atoms with Gasteiger partial charge in [0, 0.05) is 12.2 Å². The maximum atomic E-state index is 10.9. The number of rotatable bonds is 4. The van der Waals surface area contributed by atoms with Gasteiger partial charge in [0.2, 0.25) is 0 Å². The van der Waals surface area contributed by atoms with Gasteiger partial charge in [-0.1, -0.05) is 19.3 Å². The molecule has 25 heavy (non-hydrogen) atoms. The lowest BCUT2D eigenvalue weighted by Gasteiger charge is -2.24. The van der Waals surface area contributed by atoms with Crippen molar-refractivity contribution in [3.8, 4) is 11.6 Å². The normalized spacial score (nSPS) is 15.6. The molecule has 1 aliphatic rings. The van der Waals surface area contributed by atoms with Gasteiger partial charge in [-0.25, -0.2) is 14.6 Å². The summed E-state index contributed by atoms with van der Waals surface area (Å²) in [5.41, 5.74) is 5.97. The maximum Gasteiger partial charge on any atom is 0.433 e. The number of pyridine rings is 1.